The SMILES string of the molecule is CCCn1cncc1COc1cc(Br)ccc1[C@H](C)N. The maximum atomic E-state index is 5.98. The highest BCUT2D eigenvalue weighted by molar-refractivity contribution is 9.10. The number of imidazole rings is 1. The molecule has 0 aliphatic heterocycles. The summed E-state index contributed by atoms with van der Waals surface area (Å²) in [7, 11) is 0. The number of nitrogens with two attached hydrogens (primary N) is 1. The third-order valence-corrected chi connectivity index (χ3v) is 3.60. The lowest BCUT2D eigenvalue weighted by Crippen LogP contribution is -2.10. The summed E-state index contributed by atoms with van der Waals surface area (Å²) in [4.78, 5) is 4.18. The van der Waals surface area contributed by atoms with Gasteiger partial charge in [-0.05, 0) is 25.5 Å². The Labute approximate surface area is 128 Å². The third-order valence-electron chi connectivity index (χ3n) is 3.10. The van der Waals surface area contributed by atoms with E-state index in [1.54, 1.807) is 0 Å². The fourth-order valence-electron chi connectivity index (χ4n) is 2.07. The van der Waals surface area contributed by atoms with Crippen LogP contribution in [0.4, 0.5) is 0 Å². The van der Waals surface area contributed by atoms with Crippen LogP contribution in [0.25, 0.3) is 0 Å². The van der Waals surface area contributed by atoms with Crippen molar-refractivity contribution in [2.75, 3.05) is 0 Å². The minimum atomic E-state index is -0.0568. The molecular formula is C15H20BrN3O. The van der Waals surface area contributed by atoms with E-state index in [2.05, 4.69) is 32.4 Å². The van der Waals surface area contributed by atoms with Gasteiger partial charge in [0.1, 0.15) is 12.4 Å². The van der Waals surface area contributed by atoms with Gasteiger partial charge in [-0.2, -0.15) is 0 Å². The average Bonchev–Trinajstić information content (AvgIpc) is 2.84. The van der Waals surface area contributed by atoms with Crippen molar-refractivity contribution < 1.29 is 4.74 Å². The van der Waals surface area contributed by atoms with E-state index < -0.39 is 0 Å². The largest absolute Gasteiger partial charge is 0.487 e. The molecule has 1 atom stereocenters. The van der Waals surface area contributed by atoms with Gasteiger partial charge in [-0.15, -0.1) is 0 Å². The summed E-state index contributed by atoms with van der Waals surface area (Å²) in [5, 5.41) is 0. The molecule has 1 heterocycles. The molecule has 1 aromatic carbocycles. The zero-order chi connectivity index (χ0) is 14.5. The second kappa shape index (κ2) is 6.90. The molecule has 0 unspecified atom stereocenters. The molecule has 0 spiro atoms. The number of benzene rings is 1. The lowest BCUT2D eigenvalue weighted by Gasteiger charge is -2.15. The quantitative estimate of drug-likeness (QED) is 0.875. The molecule has 0 radical (unpaired) electrons. The number of nitrogens with zero attached hydrogens (tertiary/aromatic N) is 2. The molecule has 108 valence electrons. The van der Waals surface area contributed by atoms with E-state index in [4.69, 9.17) is 10.5 Å². The summed E-state index contributed by atoms with van der Waals surface area (Å²) in [6, 6.07) is 5.87. The molecule has 2 N–H and O–H groups in total. The minimum Gasteiger partial charge on any atom is -0.487 e. The smallest absolute Gasteiger partial charge is 0.130 e. The number of aromatic nitrogens is 2. The van der Waals surface area contributed by atoms with Crippen molar-refractivity contribution in [1.82, 2.24) is 9.55 Å². The molecule has 2 rings (SSSR count). The van der Waals surface area contributed by atoms with Crippen molar-refractivity contribution in [3.63, 3.8) is 0 Å². The van der Waals surface area contributed by atoms with Gasteiger partial charge in [0, 0.05) is 22.6 Å². The highest BCUT2D eigenvalue weighted by Crippen LogP contribution is 2.28. The van der Waals surface area contributed by atoms with Crippen molar-refractivity contribution in [1.29, 1.82) is 0 Å². The lowest BCUT2D eigenvalue weighted by atomic mass is 10.1. The van der Waals surface area contributed by atoms with Gasteiger partial charge in [0.15, 0.2) is 0 Å². The van der Waals surface area contributed by atoms with Gasteiger partial charge in [0.05, 0.1) is 18.2 Å². The molecule has 0 saturated carbocycles. The van der Waals surface area contributed by atoms with Gasteiger partial charge in [-0.1, -0.05) is 28.9 Å². The van der Waals surface area contributed by atoms with Gasteiger partial charge < -0.3 is 15.0 Å². The number of hydrogen-bond acceptors (Lipinski definition) is 3. The number of hydrogen-bond donors (Lipinski definition) is 1. The molecule has 0 aliphatic rings. The summed E-state index contributed by atoms with van der Waals surface area (Å²) in [5.74, 6) is 0.818. The first-order chi connectivity index (χ1) is 9.61. The first-order valence-electron chi connectivity index (χ1n) is 6.78. The second-order valence-electron chi connectivity index (χ2n) is 4.84. The molecule has 0 aliphatic carbocycles. The highest BCUT2D eigenvalue weighted by atomic mass is 79.9. The minimum absolute atomic E-state index is 0.0568. The zero-order valence-corrected chi connectivity index (χ0v) is 13.4. The molecule has 4 nitrogen and oxygen atoms in total. The molecule has 0 bridgehead atoms. The summed E-state index contributed by atoms with van der Waals surface area (Å²) in [6.07, 6.45) is 4.76. The fourth-order valence-corrected chi connectivity index (χ4v) is 2.41. The van der Waals surface area contributed by atoms with Crippen LogP contribution in [0, 0.1) is 0 Å². The van der Waals surface area contributed by atoms with Gasteiger partial charge in [-0.3, -0.25) is 0 Å². The molecule has 0 fully saturated rings. The van der Waals surface area contributed by atoms with Crippen LogP contribution in [0.1, 0.15) is 37.6 Å². The predicted octanol–water partition coefficient (Wildman–Crippen LogP) is 3.65. The van der Waals surface area contributed by atoms with Gasteiger partial charge in [0.2, 0.25) is 0 Å². The maximum absolute atomic E-state index is 5.98. The lowest BCUT2D eigenvalue weighted by molar-refractivity contribution is 0.290. The van der Waals surface area contributed by atoms with Gasteiger partial charge in [0.25, 0.3) is 0 Å². The standard InChI is InChI=1S/C15H20BrN3O/c1-3-6-19-10-18-8-13(19)9-20-15-7-12(16)4-5-14(15)11(2)17/h4-5,7-8,10-11H,3,6,9,17H2,1-2H3/t11-/m0/s1. The summed E-state index contributed by atoms with van der Waals surface area (Å²) in [6.45, 7) is 5.55. The molecule has 0 amide bonds. The Morgan fingerprint density at radius 1 is 1.45 bits per heavy atom. The van der Waals surface area contributed by atoms with Crippen LogP contribution in [-0.4, -0.2) is 9.55 Å². The number of rotatable bonds is 6. The van der Waals surface area contributed by atoms with Crippen LogP contribution >= 0.6 is 15.9 Å². The Balaban J connectivity index is 2.14. The van der Waals surface area contributed by atoms with Gasteiger partial charge in [-0.25, -0.2) is 4.98 Å². The predicted molar refractivity (Wildman–Crippen MR) is 83.6 cm³/mol. The zero-order valence-electron chi connectivity index (χ0n) is 11.8. The van der Waals surface area contributed by atoms with Crippen molar-refractivity contribution in [3.05, 3.63) is 46.5 Å². The molecule has 1 aromatic heterocycles. The molecule has 0 saturated heterocycles. The second-order valence-corrected chi connectivity index (χ2v) is 5.75. The monoisotopic (exact) mass is 337 g/mol. The first-order valence-corrected chi connectivity index (χ1v) is 7.58. The van der Waals surface area contributed by atoms with Crippen molar-refractivity contribution >= 4 is 15.9 Å². The topological polar surface area (TPSA) is 53.1 Å². The van der Waals surface area contributed by atoms with E-state index in [-0.39, 0.29) is 6.04 Å². The maximum Gasteiger partial charge on any atom is 0.130 e. The van der Waals surface area contributed by atoms with Crippen LogP contribution in [0.5, 0.6) is 5.75 Å². The Kier molecular flexibility index (Phi) is 5.20. The van der Waals surface area contributed by atoms with E-state index in [0.29, 0.717) is 6.61 Å². The normalized spacial score (nSPS) is 12.4. The van der Waals surface area contributed by atoms with E-state index in [1.807, 2.05) is 37.6 Å². The number of aryl methyl sites for hydroxylation is 1. The van der Waals surface area contributed by atoms with E-state index in [0.717, 1.165) is 34.4 Å². The summed E-state index contributed by atoms with van der Waals surface area (Å²) in [5.41, 5.74) is 8.06. The van der Waals surface area contributed by atoms with Gasteiger partial charge >= 0.3 is 0 Å². The Morgan fingerprint density at radius 3 is 2.95 bits per heavy atom. The van der Waals surface area contributed by atoms with Crippen molar-refractivity contribution in [2.45, 2.75) is 39.5 Å². The summed E-state index contributed by atoms with van der Waals surface area (Å²) >= 11 is 3.47. The fraction of sp³-hybridized carbons (Fsp3) is 0.400. The van der Waals surface area contributed by atoms with Crippen LogP contribution in [0.15, 0.2) is 35.2 Å². The first kappa shape index (κ1) is 15.1. The van der Waals surface area contributed by atoms with E-state index in [9.17, 15) is 0 Å². The van der Waals surface area contributed by atoms with E-state index >= 15 is 0 Å². The highest BCUT2D eigenvalue weighted by Gasteiger charge is 2.10. The third kappa shape index (κ3) is 3.61. The number of ether oxygens (including phenoxy) is 1. The molecule has 20 heavy (non-hydrogen) atoms. The van der Waals surface area contributed by atoms with Crippen LogP contribution in [-0.2, 0) is 13.2 Å². The van der Waals surface area contributed by atoms with Crippen molar-refractivity contribution in [3.8, 4) is 5.75 Å². The Morgan fingerprint density at radius 2 is 2.25 bits per heavy atom. The molecule has 2 aromatic rings. The van der Waals surface area contributed by atoms with Crippen molar-refractivity contribution in [2.24, 2.45) is 5.73 Å². The molecule has 5 heteroatoms. The van der Waals surface area contributed by atoms with Crippen LogP contribution in [0.2, 0.25) is 0 Å². The molecular weight excluding hydrogens is 318 g/mol. The Hall–Kier alpha value is -1.33. The summed E-state index contributed by atoms with van der Waals surface area (Å²) < 4.78 is 9.04. The average molecular weight is 338 g/mol. The van der Waals surface area contributed by atoms with E-state index in [1.165, 1.54) is 0 Å². The number of halogens is 1. The van der Waals surface area contributed by atoms with Crippen LogP contribution < -0.4 is 10.5 Å². The Bertz CT molecular complexity index is 566. The van der Waals surface area contributed by atoms with Crippen LogP contribution in [0.3, 0.4) is 0 Å².